The third kappa shape index (κ3) is 6.58. The minimum absolute atomic E-state index is 0. The number of guanidine groups is 1. The average molecular weight is 477 g/mol. The second-order valence-electron chi connectivity index (χ2n) is 6.67. The summed E-state index contributed by atoms with van der Waals surface area (Å²) in [5, 5.41) is 7.59. The molecule has 2 rings (SSSR count). The zero-order chi connectivity index (χ0) is 17.7. The Balaban J connectivity index is 0.00000312. The summed E-state index contributed by atoms with van der Waals surface area (Å²) in [6.45, 7) is 14.3. The first-order valence-electron chi connectivity index (χ1n) is 8.20. The number of thiazole rings is 1. The molecule has 0 radical (unpaired) electrons. The molecule has 0 amide bonds. The Morgan fingerprint density at radius 1 is 1.28 bits per heavy atom. The predicted octanol–water partition coefficient (Wildman–Crippen LogP) is 3.92. The van der Waals surface area contributed by atoms with Crippen molar-refractivity contribution in [3.05, 3.63) is 33.4 Å². The molecule has 2 N–H and O–H groups in total. The van der Waals surface area contributed by atoms with Crippen LogP contribution in [-0.4, -0.2) is 22.5 Å². The fraction of sp³-hybridized carbons (Fsp3) is 0.588. The largest absolute Gasteiger partial charge is 0.443 e. The highest BCUT2D eigenvalue weighted by Gasteiger charge is 2.19. The number of aromatic nitrogens is 2. The molecule has 0 atom stereocenters. The summed E-state index contributed by atoms with van der Waals surface area (Å²) in [4.78, 5) is 14.6. The summed E-state index contributed by atoms with van der Waals surface area (Å²) in [5.41, 5.74) is 1.05. The van der Waals surface area contributed by atoms with E-state index in [1.165, 1.54) is 4.88 Å². The number of oxazole rings is 1. The second-order valence-corrected chi connectivity index (χ2v) is 7.95. The minimum atomic E-state index is -0.0434. The van der Waals surface area contributed by atoms with Gasteiger partial charge in [-0.25, -0.2) is 15.0 Å². The van der Waals surface area contributed by atoms with Gasteiger partial charge in [0.25, 0.3) is 0 Å². The van der Waals surface area contributed by atoms with Crippen LogP contribution in [0.25, 0.3) is 0 Å². The highest BCUT2D eigenvalue weighted by Crippen LogP contribution is 2.22. The van der Waals surface area contributed by atoms with Crippen molar-refractivity contribution < 1.29 is 4.42 Å². The lowest BCUT2D eigenvalue weighted by atomic mass is 9.94. The molecule has 0 saturated heterocycles. The van der Waals surface area contributed by atoms with E-state index in [0.29, 0.717) is 19.0 Å². The molecule has 0 saturated carbocycles. The van der Waals surface area contributed by atoms with E-state index in [1.807, 2.05) is 13.8 Å². The van der Waals surface area contributed by atoms with Gasteiger partial charge in [-0.1, -0.05) is 20.8 Å². The monoisotopic (exact) mass is 477 g/mol. The van der Waals surface area contributed by atoms with Crippen LogP contribution in [0.4, 0.5) is 0 Å². The van der Waals surface area contributed by atoms with Gasteiger partial charge in [0.2, 0.25) is 5.89 Å². The number of aryl methyl sites for hydroxylation is 2. The molecule has 140 valence electrons. The van der Waals surface area contributed by atoms with Crippen LogP contribution in [0.5, 0.6) is 0 Å². The molecule has 0 bridgehead atoms. The fourth-order valence-electron chi connectivity index (χ4n) is 1.99. The van der Waals surface area contributed by atoms with Crippen LogP contribution in [0.1, 0.15) is 54.9 Å². The Hall–Kier alpha value is -1.16. The molecule has 0 unspecified atom stereocenters. The van der Waals surface area contributed by atoms with E-state index in [4.69, 9.17) is 4.42 Å². The Morgan fingerprint density at radius 2 is 2.00 bits per heavy atom. The molecule has 0 fully saturated rings. The molecule has 25 heavy (non-hydrogen) atoms. The van der Waals surface area contributed by atoms with Crippen LogP contribution in [0.3, 0.4) is 0 Å². The molecule has 8 heteroatoms. The molecule has 2 heterocycles. The number of aliphatic imine (C=N–C) groups is 1. The molecule has 2 aromatic heterocycles. The van der Waals surface area contributed by atoms with Crippen molar-refractivity contribution in [1.29, 1.82) is 0 Å². The van der Waals surface area contributed by atoms with E-state index in [0.717, 1.165) is 29.0 Å². The lowest BCUT2D eigenvalue weighted by molar-refractivity contribution is 0.383. The molecule has 0 aliphatic rings. The van der Waals surface area contributed by atoms with Crippen LogP contribution in [0.2, 0.25) is 0 Å². The molecule has 0 spiro atoms. The van der Waals surface area contributed by atoms with Crippen LogP contribution in [0, 0.1) is 13.8 Å². The molecule has 0 aromatic carbocycles. The maximum atomic E-state index is 5.77. The highest BCUT2D eigenvalue weighted by atomic mass is 127. The third-order valence-corrected chi connectivity index (χ3v) is 4.56. The standard InChI is InChI=1S/C17H27N5OS.HI/c1-7-18-16(21-10-15-22-11(2)12(3)24-15)20-9-14-19-8-13(23-14)17(4,5)6;/h8H,7,9-10H2,1-6H3,(H2,18,20,21);1H. The van der Waals surface area contributed by atoms with E-state index in [2.05, 4.69) is 53.3 Å². The first kappa shape index (κ1) is 21.9. The number of halogens is 1. The normalized spacial score (nSPS) is 12.0. The van der Waals surface area contributed by atoms with Gasteiger partial charge in [-0.2, -0.15) is 0 Å². The number of hydrogen-bond acceptors (Lipinski definition) is 5. The van der Waals surface area contributed by atoms with Crippen molar-refractivity contribution in [2.75, 3.05) is 6.54 Å². The van der Waals surface area contributed by atoms with E-state index in [1.54, 1.807) is 17.5 Å². The van der Waals surface area contributed by atoms with E-state index >= 15 is 0 Å². The van der Waals surface area contributed by atoms with Crippen molar-refractivity contribution in [2.45, 2.75) is 60.0 Å². The molecule has 6 nitrogen and oxygen atoms in total. The number of rotatable bonds is 5. The van der Waals surface area contributed by atoms with E-state index in [9.17, 15) is 0 Å². The van der Waals surface area contributed by atoms with Gasteiger partial charge in [0.1, 0.15) is 17.3 Å². The lowest BCUT2D eigenvalue weighted by Gasteiger charge is -2.13. The van der Waals surface area contributed by atoms with Gasteiger partial charge in [-0.3, -0.25) is 0 Å². The van der Waals surface area contributed by atoms with Crippen molar-refractivity contribution in [1.82, 2.24) is 20.6 Å². The number of hydrogen-bond donors (Lipinski definition) is 2. The van der Waals surface area contributed by atoms with Gasteiger partial charge in [0.05, 0.1) is 18.4 Å². The number of nitrogens with one attached hydrogen (secondary N) is 2. The zero-order valence-corrected chi connectivity index (χ0v) is 18.9. The SMILES string of the molecule is CCNC(=NCc1ncc(C(C)(C)C)o1)NCc1nc(C)c(C)s1.I. The third-order valence-electron chi connectivity index (χ3n) is 3.49. The Labute approximate surface area is 171 Å². The summed E-state index contributed by atoms with van der Waals surface area (Å²) < 4.78 is 5.77. The maximum Gasteiger partial charge on any atom is 0.216 e. The van der Waals surface area contributed by atoms with Crippen LogP contribution in [-0.2, 0) is 18.5 Å². The smallest absolute Gasteiger partial charge is 0.216 e. The van der Waals surface area contributed by atoms with Crippen molar-refractivity contribution >= 4 is 41.3 Å². The molecular weight excluding hydrogens is 449 g/mol. The van der Waals surface area contributed by atoms with Gasteiger partial charge in [-0.15, -0.1) is 35.3 Å². The Bertz CT molecular complexity index is 683. The number of nitrogens with zero attached hydrogens (tertiary/aromatic N) is 3. The predicted molar refractivity (Wildman–Crippen MR) is 114 cm³/mol. The van der Waals surface area contributed by atoms with Gasteiger partial charge in [0, 0.05) is 16.8 Å². The molecule has 0 aliphatic heterocycles. The van der Waals surface area contributed by atoms with Crippen molar-refractivity contribution in [3.8, 4) is 0 Å². The summed E-state index contributed by atoms with van der Waals surface area (Å²) in [6.07, 6.45) is 1.78. The van der Waals surface area contributed by atoms with Gasteiger partial charge in [-0.05, 0) is 20.8 Å². The quantitative estimate of drug-likeness (QED) is 0.388. The van der Waals surface area contributed by atoms with Gasteiger partial charge in [0.15, 0.2) is 5.96 Å². The summed E-state index contributed by atoms with van der Waals surface area (Å²) in [6, 6.07) is 0. The van der Waals surface area contributed by atoms with E-state index in [-0.39, 0.29) is 29.4 Å². The van der Waals surface area contributed by atoms with Crippen LogP contribution < -0.4 is 10.6 Å². The first-order chi connectivity index (χ1) is 11.3. The Morgan fingerprint density at radius 3 is 2.52 bits per heavy atom. The minimum Gasteiger partial charge on any atom is -0.443 e. The highest BCUT2D eigenvalue weighted by molar-refractivity contribution is 14.0. The van der Waals surface area contributed by atoms with Gasteiger partial charge >= 0.3 is 0 Å². The second kappa shape index (κ2) is 9.51. The van der Waals surface area contributed by atoms with Crippen LogP contribution >= 0.6 is 35.3 Å². The van der Waals surface area contributed by atoms with Crippen molar-refractivity contribution in [2.24, 2.45) is 4.99 Å². The molecular formula is C17H28IN5OS. The topological polar surface area (TPSA) is 75.3 Å². The summed E-state index contributed by atoms with van der Waals surface area (Å²) in [7, 11) is 0. The lowest BCUT2D eigenvalue weighted by Crippen LogP contribution is -2.36. The summed E-state index contributed by atoms with van der Waals surface area (Å²) in [5.74, 6) is 2.23. The first-order valence-corrected chi connectivity index (χ1v) is 9.01. The summed E-state index contributed by atoms with van der Waals surface area (Å²) >= 11 is 1.71. The molecule has 0 aliphatic carbocycles. The maximum absolute atomic E-state index is 5.77. The van der Waals surface area contributed by atoms with Crippen LogP contribution in [0.15, 0.2) is 15.6 Å². The fourth-order valence-corrected chi connectivity index (χ4v) is 2.87. The van der Waals surface area contributed by atoms with Crippen molar-refractivity contribution in [3.63, 3.8) is 0 Å². The van der Waals surface area contributed by atoms with Gasteiger partial charge < -0.3 is 15.1 Å². The zero-order valence-electron chi connectivity index (χ0n) is 15.8. The van der Waals surface area contributed by atoms with E-state index < -0.39 is 0 Å². The average Bonchev–Trinajstić information content (AvgIpc) is 3.09. The Kier molecular flexibility index (Phi) is 8.33. The molecule has 2 aromatic rings.